The lowest BCUT2D eigenvalue weighted by molar-refractivity contribution is 0.0824. The van der Waals surface area contributed by atoms with Gasteiger partial charge < -0.3 is 24.6 Å². The number of anilines is 1. The summed E-state index contributed by atoms with van der Waals surface area (Å²) in [5, 5.41) is 19.0. The summed E-state index contributed by atoms with van der Waals surface area (Å²) in [6.45, 7) is 5.64. The zero-order chi connectivity index (χ0) is 24.6. The van der Waals surface area contributed by atoms with E-state index in [1.54, 1.807) is 11.9 Å². The molecule has 0 bridgehead atoms. The molecule has 0 unspecified atom stereocenters. The Hall–Kier alpha value is -2.48. The lowest BCUT2D eigenvalue weighted by atomic mass is 9.99. The van der Waals surface area contributed by atoms with E-state index in [-0.39, 0.29) is 11.4 Å². The molecule has 1 fully saturated rings. The number of aliphatic hydroxyl groups excluding tert-OH is 1. The molecule has 35 heavy (non-hydrogen) atoms. The Morgan fingerprint density at radius 1 is 1.23 bits per heavy atom. The van der Waals surface area contributed by atoms with Crippen LogP contribution in [0.4, 0.5) is 5.69 Å². The van der Waals surface area contributed by atoms with Crippen molar-refractivity contribution in [2.75, 3.05) is 23.7 Å². The van der Waals surface area contributed by atoms with Crippen LogP contribution in [0.3, 0.4) is 0 Å². The van der Waals surface area contributed by atoms with E-state index in [9.17, 15) is 9.90 Å². The number of hydrogen-bond acceptors (Lipinski definition) is 5. The van der Waals surface area contributed by atoms with Gasteiger partial charge >= 0.3 is 0 Å². The summed E-state index contributed by atoms with van der Waals surface area (Å²) < 4.78 is 4.43. The number of nitrogens with one attached hydrogen (secondary N) is 2. The average molecular weight is 493 g/mol. The smallest absolute Gasteiger partial charge is 0.251 e. The van der Waals surface area contributed by atoms with E-state index < -0.39 is 12.1 Å². The predicted octanol–water partition coefficient (Wildman–Crippen LogP) is 4.15. The molecule has 186 valence electrons. The fourth-order valence-corrected chi connectivity index (χ4v) is 5.81. The molecule has 0 radical (unpaired) electrons. The highest BCUT2D eigenvalue weighted by Crippen LogP contribution is 2.38. The summed E-state index contributed by atoms with van der Waals surface area (Å²) in [4.78, 5) is 13.6. The zero-order valence-electron chi connectivity index (χ0n) is 20.9. The molecule has 1 aliphatic carbocycles. The number of benzene rings is 2. The number of amides is 1. The summed E-state index contributed by atoms with van der Waals surface area (Å²) in [6, 6.07) is 13.7. The van der Waals surface area contributed by atoms with Crippen LogP contribution in [-0.2, 0) is 19.4 Å². The van der Waals surface area contributed by atoms with Crippen LogP contribution in [0.25, 0.3) is 10.9 Å². The van der Waals surface area contributed by atoms with Crippen LogP contribution in [-0.4, -0.2) is 52.6 Å². The highest BCUT2D eigenvalue weighted by atomic mass is 32.2. The molecule has 1 amide bonds. The van der Waals surface area contributed by atoms with Gasteiger partial charge in [0.15, 0.2) is 0 Å². The summed E-state index contributed by atoms with van der Waals surface area (Å²) in [6.07, 6.45) is 5.40. The van der Waals surface area contributed by atoms with Crippen LogP contribution in [0.2, 0.25) is 0 Å². The van der Waals surface area contributed by atoms with E-state index in [2.05, 4.69) is 46.6 Å². The first kappa shape index (κ1) is 24.2. The number of hydrogen-bond donors (Lipinski definition) is 3. The van der Waals surface area contributed by atoms with Crippen molar-refractivity contribution in [1.82, 2.24) is 15.2 Å². The minimum atomic E-state index is -0.689. The van der Waals surface area contributed by atoms with Gasteiger partial charge in [0, 0.05) is 48.6 Å². The second-order valence-electron chi connectivity index (χ2n) is 10.2. The van der Waals surface area contributed by atoms with E-state index in [0.717, 1.165) is 48.3 Å². The number of aliphatic hydroxyl groups is 1. The number of carbonyl (C=O) groups is 1. The van der Waals surface area contributed by atoms with E-state index in [4.69, 9.17) is 0 Å². The largest absolute Gasteiger partial charge is 0.390 e. The molecule has 7 heteroatoms. The maximum absolute atomic E-state index is 13.6. The lowest BCUT2D eigenvalue weighted by Gasteiger charge is -2.26. The Kier molecular flexibility index (Phi) is 6.84. The van der Waals surface area contributed by atoms with E-state index >= 15 is 0 Å². The van der Waals surface area contributed by atoms with Crippen LogP contribution in [0.5, 0.6) is 0 Å². The molecule has 3 N–H and O–H groups in total. The van der Waals surface area contributed by atoms with Gasteiger partial charge in [0.25, 0.3) is 5.91 Å². The Labute approximate surface area is 212 Å². The standard InChI is InChI=1S/C28H36N4O2S/c1-4-32-18-20-10-13-35-31(3)23-15-21(16-24(32)26(20)23)27(34)30-22(14-19-8-6-5-7-9-19)25(33)17-29-28(2)11-12-28/h5-9,15-16,18,22,25,29,33H,4,10-14,17H2,1-3H3,(H,30,34)/t22-,25+/m0/s1. The first-order valence-electron chi connectivity index (χ1n) is 12.7. The monoisotopic (exact) mass is 492 g/mol. The van der Waals surface area contributed by atoms with Crippen molar-refractivity contribution < 1.29 is 9.90 Å². The predicted molar refractivity (Wildman–Crippen MR) is 145 cm³/mol. The lowest BCUT2D eigenvalue weighted by Crippen LogP contribution is -2.50. The van der Waals surface area contributed by atoms with Gasteiger partial charge in [-0.2, -0.15) is 0 Å². The highest BCUT2D eigenvalue weighted by Gasteiger charge is 2.37. The summed E-state index contributed by atoms with van der Waals surface area (Å²) >= 11 is 1.79. The number of nitrogens with zero attached hydrogens (tertiary/aromatic N) is 2. The number of aromatic nitrogens is 1. The minimum Gasteiger partial charge on any atom is -0.390 e. The minimum absolute atomic E-state index is 0.125. The Morgan fingerprint density at radius 2 is 2.00 bits per heavy atom. The second kappa shape index (κ2) is 9.88. The molecule has 1 aromatic heterocycles. The van der Waals surface area contributed by atoms with Gasteiger partial charge in [0.2, 0.25) is 0 Å². The van der Waals surface area contributed by atoms with Gasteiger partial charge in [-0.3, -0.25) is 4.79 Å². The van der Waals surface area contributed by atoms with Crippen LogP contribution < -0.4 is 14.9 Å². The molecule has 2 aromatic carbocycles. The third kappa shape index (κ3) is 5.22. The third-order valence-corrected chi connectivity index (χ3v) is 8.43. The zero-order valence-corrected chi connectivity index (χ0v) is 21.7. The molecular weight excluding hydrogens is 456 g/mol. The number of β-amino-alcohol motifs (C(OH)–C–C–N with tert-alkyl or cyclic N) is 1. The van der Waals surface area contributed by atoms with Gasteiger partial charge in [0.1, 0.15) is 0 Å². The van der Waals surface area contributed by atoms with Gasteiger partial charge in [-0.05, 0) is 74.7 Å². The highest BCUT2D eigenvalue weighted by molar-refractivity contribution is 8.00. The van der Waals surface area contributed by atoms with Crippen molar-refractivity contribution in [3.8, 4) is 0 Å². The van der Waals surface area contributed by atoms with Crippen LogP contribution in [0, 0.1) is 0 Å². The van der Waals surface area contributed by atoms with E-state index in [1.807, 2.05) is 42.5 Å². The number of carbonyl (C=O) groups excluding carboxylic acids is 1. The maximum atomic E-state index is 13.6. The van der Waals surface area contributed by atoms with Crippen molar-refractivity contribution in [2.24, 2.45) is 0 Å². The normalized spacial score (nSPS) is 18.2. The van der Waals surface area contributed by atoms with Crippen molar-refractivity contribution in [1.29, 1.82) is 0 Å². The van der Waals surface area contributed by atoms with Crippen LogP contribution in [0.15, 0.2) is 48.7 Å². The number of rotatable bonds is 9. The molecule has 2 atom stereocenters. The first-order valence-corrected chi connectivity index (χ1v) is 13.6. The molecule has 5 rings (SSSR count). The summed E-state index contributed by atoms with van der Waals surface area (Å²) in [5.74, 6) is 0.876. The van der Waals surface area contributed by atoms with Crippen molar-refractivity contribution in [3.05, 3.63) is 65.4 Å². The molecule has 2 heterocycles. The molecule has 1 aliphatic heterocycles. The molecule has 2 aliphatic rings. The van der Waals surface area contributed by atoms with E-state index in [0.29, 0.717) is 18.5 Å². The Bertz CT molecular complexity index is 1200. The molecule has 3 aromatic rings. The Morgan fingerprint density at radius 3 is 2.71 bits per heavy atom. The van der Waals surface area contributed by atoms with E-state index in [1.165, 1.54) is 10.9 Å². The topological polar surface area (TPSA) is 69.5 Å². The number of aryl methyl sites for hydroxylation is 2. The van der Waals surface area contributed by atoms with Crippen molar-refractivity contribution in [2.45, 2.75) is 63.8 Å². The second-order valence-corrected chi connectivity index (χ2v) is 11.4. The Balaban J connectivity index is 1.43. The third-order valence-electron chi connectivity index (χ3n) is 7.45. The maximum Gasteiger partial charge on any atom is 0.251 e. The van der Waals surface area contributed by atoms with Gasteiger partial charge in [-0.15, -0.1) is 0 Å². The van der Waals surface area contributed by atoms with Crippen molar-refractivity contribution >= 4 is 34.4 Å². The summed E-state index contributed by atoms with van der Waals surface area (Å²) in [7, 11) is 2.08. The molecule has 0 spiro atoms. The first-order chi connectivity index (χ1) is 16.9. The SMILES string of the molecule is CCn1cc2c3c(cc(C(=O)N[C@@H](Cc4ccccc4)[C@H](O)CNC4(C)CC4)cc31)N(C)SCC2. The fraction of sp³-hybridized carbons (Fsp3) is 0.464. The average Bonchev–Trinajstić information content (AvgIpc) is 3.53. The fourth-order valence-electron chi connectivity index (χ4n) is 4.94. The summed E-state index contributed by atoms with van der Waals surface area (Å²) in [5.41, 5.74) is 5.38. The van der Waals surface area contributed by atoms with Crippen LogP contribution >= 0.6 is 11.9 Å². The van der Waals surface area contributed by atoms with Gasteiger partial charge in [0.05, 0.1) is 23.3 Å². The van der Waals surface area contributed by atoms with Gasteiger partial charge in [-0.25, -0.2) is 0 Å². The molecule has 0 saturated heterocycles. The van der Waals surface area contributed by atoms with Gasteiger partial charge in [-0.1, -0.05) is 30.3 Å². The molecule has 1 saturated carbocycles. The van der Waals surface area contributed by atoms with Crippen LogP contribution in [0.1, 0.15) is 48.2 Å². The van der Waals surface area contributed by atoms with Crippen molar-refractivity contribution in [3.63, 3.8) is 0 Å². The molecular formula is C28H36N4O2S. The molecule has 6 nitrogen and oxygen atoms in total. The quantitative estimate of drug-likeness (QED) is 0.392.